The van der Waals surface area contributed by atoms with Gasteiger partial charge in [0.1, 0.15) is 0 Å². The highest BCUT2D eigenvalue weighted by Gasteiger charge is 2.13. The first-order valence-electron chi connectivity index (χ1n) is 9.97. The molecule has 0 aromatic carbocycles. The summed E-state index contributed by atoms with van der Waals surface area (Å²) in [6.07, 6.45) is 15.1. The highest BCUT2D eigenvalue weighted by atomic mass is 16.5. The molecule has 0 aliphatic heterocycles. The maximum atomic E-state index is 11.6. The molecule has 0 aliphatic rings. The summed E-state index contributed by atoms with van der Waals surface area (Å²) in [6, 6.07) is 0. The first-order chi connectivity index (χ1) is 10.8. The summed E-state index contributed by atoms with van der Waals surface area (Å²) in [5, 5.41) is 0. The molecule has 0 aromatic heterocycles. The van der Waals surface area contributed by atoms with Crippen LogP contribution in [-0.4, -0.2) is 12.6 Å². The molecule has 2 nitrogen and oxygen atoms in total. The fourth-order valence-corrected chi connectivity index (χ4v) is 2.61. The van der Waals surface area contributed by atoms with Gasteiger partial charge in [0.25, 0.3) is 0 Å². The van der Waals surface area contributed by atoms with Crippen molar-refractivity contribution in [2.24, 2.45) is 11.3 Å². The zero-order valence-corrected chi connectivity index (χ0v) is 16.6. The Balaban J connectivity index is 3.20. The lowest BCUT2D eigenvalue weighted by molar-refractivity contribution is -0.146. The monoisotopic (exact) mass is 326 g/mol. The lowest BCUT2D eigenvalue weighted by Crippen LogP contribution is -2.18. The van der Waals surface area contributed by atoms with Gasteiger partial charge in [-0.05, 0) is 17.8 Å². The number of hydrogen-bond acceptors (Lipinski definition) is 2. The van der Waals surface area contributed by atoms with Crippen LogP contribution in [-0.2, 0) is 9.53 Å². The summed E-state index contributed by atoms with van der Waals surface area (Å²) in [7, 11) is 0. The molecule has 0 amide bonds. The Morgan fingerprint density at radius 1 is 0.783 bits per heavy atom. The second-order valence-corrected chi connectivity index (χ2v) is 8.69. The fraction of sp³-hybridized carbons (Fsp3) is 0.952. The van der Waals surface area contributed by atoms with E-state index in [1.54, 1.807) is 0 Å². The van der Waals surface area contributed by atoms with Gasteiger partial charge < -0.3 is 4.74 Å². The summed E-state index contributed by atoms with van der Waals surface area (Å²) in [5.41, 5.74) is 0.0739. The van der Waals surface area contributed by atoms with Gasteiger partial charge >= 0.3 is 5.97 Å². The van der Waals surface area contributed by atoms with Crippen molar-refractivity contribution in [1.82, 2.24) is 0 Å². The van der Waals surface area contributed by atoms with E-state index >= 15 is 0 Å². The highest BCUT2D eigenvalue weighted by molar-refractivity contribution is 5.69. The number of esters is 1. The number of hydrogen-bond donors (Lipinski definition) is 0. The number of carbonyl (C=O) groups is 1. The second-order valence-electron chi connectivity index (χ2n) is 8.69. The minimum atomic E-state index is -0.0266. The molecule has 23 heavy (non-hydrogen) atoms. The van der Waals surface area contributed by atoms with Gasteiger partial charge in [0.05, 0.1) is 6.61 Å². The average molecular weight is 327 g/mol. The lowest BCUT2D eigenvalue weighted by atomic mass is 9.99. The van der Waals surface area contributed by atoms with Crippen molar-refractivity contribution in [3.05, 3.63) is 0 Å². The Kier molecular flexibility index (Phi) is 13.5. The van der Waals surface area contributed by atoms with E-state index < -0.39 is 0 Å². The molecular weight excluding hydrogens is 284 g/mol. The molecule has 0 heterocycles. The van der Waals surface area contributed by atoms with Gasteiger partial charge in [0, 0.05) is 6.42 Å². The Labute approximate surface area is 145 Å². The molecule has 2 heteroatoms. The zero-order chi connectivity index (χ0) is 17.6. The van der Waals surface area contributed by atoms with E-state index in [2.05, 4.69) is 34.6 Å². The molecular formula is C21H42O2. The van der Waals surface area contributed by atoms with Crippen LogP contribution in [0.5, 0.6) is 0 Å². The molecule has 0 aliphatic carbocycles. The van der Waals surface area contributed by atoms with E-state index in [1.807, 2.05) is 0 Å². The molecule has 0 unspecified atom stereocenters. The molecule has 0 N–H and O–H groups in total. The lowest BCUT2D eigenvalue weighted by Gasteiger charge is -2.17. The molecule has 0 bridgehead atoms. The van der Waals surface area contributed by atoms with Crippen molar-refractivity contribution < 1.29 is 9.53 Å². The van der Waals surface area contributed by atoms with Crippen LogP contribution in [0.15, 0.2) is 0 Å². The molecule has 0 atom stereocenters. The Morgan fingerprint density at radius 2 is 1.22 bits per heavy atom. The topological polar surface area (TPSA) is 26.3 Å². The van der Waals surface area contributed by atoms with E-state index in [0.717, 1.165) is 12.3 Å². The Hall–Kier alpha value is -0.530. The fourth-order valence-electron chi connectivity index (χ4n) is 2.61. The molecule has 0 saturated heterocycles. The minimum Gasteiger partial charge on any atom is -0.465 e. The second kappa shape index (κ2) is 13.9. The number of unbranched alkanes of at least 4 members (excludes halogenated alkanes) is 9. The van der Waals surface area contributed by atoms with E-state index in [0.29, 0.717) is 13.0 Å². The van der Waals surface area contributed by atoms with Crippen LogP contribution in [0.4, 0.5) is 0 Å². The summed E-state index contributed by atoms with van der Waals surface area (Å²) in [4.78, 5) is 11.6. The standard InChI is InChI=1S/C21H42O2/c1-19(2)16-14-12-10-8-6-7-9-11-13-15-17-20(22)23-18-21(3,4)5/h19H,6-18H2,1-5H3. The molecule has 0 spiro atoms. The van der Waals surface area contributed by atoms with Gasteiger partial charge in [-0.3, -0.25) is 4.79 Å². The van der Waals surface area contributed by atoms with Crippen molar-refractivity contribution in [1.29, 1.82) is 0 Å². The number of ether oxygens (including phenoxy) is 1. The average Bonchev–Trinajstić information content (AvgIpc) is 2.45. The molecule has 0 saturated carbocycles. The molecule has 0 aromatic rings. The van der Waals surface area contributed by atoms with E-state index in [4.69, 9.17) is 4.74 Å². The van der Waals surface area contributed by atoms with Crippen LogP contribution in [0, 0.1) is 11.3 Å². The van der Waals surface area contributed by atoms with Crippen LogP contribution in [0.1, 0.15) is 112 Å². The predicted molar refractivity (Wildman–Crippen MR) is 101 cm³/mol. The molecule has 0 radical (unpaired) electrons. The molecule has 138 valence electrons. The first kappa shape index (κ1) is 22.5. The summed E-state index contributed by atoms with van der Waals surface area (Å²) < 4.78 is 5.27. The third-order valence-electron chi connectivity index (χ3n) is 4.08. The van der Waals surface area contributed by atoms with Gasteiger partial charge in [0.15, 0.2) is 0 Å². The molecule has 0 rings (SSSR count). The summed E-state index contributed by atoms with van der Waals surface area (Å²) in [5.74, 6) is 0.835. The van der Waals surface area contributed by atoms with Crippen molar-refractivity contribution in [2.45, 2.75) is 112 Å². The first-order valence-corrected chi connectivity index (χ1v) is 9.97. The third kappa shape index (κ3) is 19.4. The van der Waals surface area contributed by atoms with Crippen LogP contribution in [0.25, 0.3) is 0 Å². The van der Waals surface area contributed by atoms with E-state index in [-0.39, 0.29) is 11.4 Å². The predicted octanol–water partition coefficient (Wildman–Crippen LogP) is 6.91. The van der Waals surface area contributed by atoms with Gasteiger partial charge in [-0.1, -0.05) is 98.8 Å². The van der Waals surface area contributed by atoms with Gasteiger partial charge in [-0.25, -0.2) is 0 Å². The van der Waals surface area contributed by atoms with Crippen LogP contribution in [0.2, 0.25) is 0 Å². The van der Waals surface area contributed by atoms with Crippen LogP contribution in [0.3, 0.4) is 0 Å². The summed E-state index contributed by atoms with van der Waals surface area (Å²) >= 11 is 0. The largest absolute Gasteiger partial charge is 0.465 e. The minimum absolute atomic E-state index is 0.0266. The van der Waals surface area contributed by atoms with E-state index in [1.165, 1.54) is 64.2 Å². The van der Waals surface area contributed by atoms with Gasteiger partial charge in [-0.2, -0.15) is 0 Å². The number of carbonyl (C=O) groups excluding carboxylic acids is 1. The maximum Gasteiger partial charge on any atom is 0.305 e. The van der Waals surface area contributed by atoms with Gasteiger partial charge in [0.2, 0.25) is 0 Å². The number of rotatable bonds is 14. The zero-order valence-electron chi connectivity index (χ0n) is 16.6. The van der Waals surface area contributed by atoms with Crippen molar-refractivity contribution >= 4 is 5.97 Å². The van der Waals surface area contributed by atoms with E-state index in [9.17, 15) is 4.79 Å². The maximum absolute atomic E-state index is 11.6. The Morgan fingerprint density at radius 3 is 1.65 bits per heavy atom. The third-order valence-corrected chi connectivity index (χ3v) is 4.08. The Bertz CT molecular complexity index is 276. The smallest absolute Gasteiger partial charge is 0.305 e. The quantitative estimate of drug-likeness (QED) is 0.256. The van der Waals surface area contributed by atoms with Crippen molar-refractivity contribution in [3.8, 4) is 0 Å². The van der Waals surface area contributed by atoms with Crippen molar-refractivity contribution in [3.63, 3.8) is 0 Å². The van der Waals surface area contributed by atoms with Crippen LogP contribution >= 0.6 is 0 Å². The normalized spacial score (nSPS) is 11.9. The van der Waals surface area contributed by atoms with Crippen molar-refractivity contribution in [2.75, 3.05) is 6.61 Å². The van der Waals surface area contributed by atoms with Gasteiger partial charge in [-0.15, -0.1) is 0 Å². The van der Waals surface area contributed by atoms with Crippen LogP contribution < -0.4 is 0 Å². The molecule has 0 fully saturated rings. The highest BCUT2D eigenvalue weighted by Crippen LogP contribution is 2.15. The SMILES string of the molecule is CC(C)CCCCCCCCCCCCC(=O)OCC(C)(C)C. The summed E-state index contributed by atoms with van der Waals surface area (Å²) in [6.45, 7) is 11.4.